The van der Waals surface area contributed by atoms with Gasteiger partial charge in [-0.05, 0) is 43.2 Å². The van der Waals surface area contributed by atoms with E-state index < -0.39 is 0 Å². The van der Waals surface area contributed by atoms with Crippen LogP contribution in [0, 0.1) is 5.41 Å². The lowest BCUT2D eigenvalue weighted by Crippen LogP contribution is -2.57. The van der Waals surface area contributed by atoms with E-state index in [2.05, 4.69) is 16.4 Å². The molecule has 2 heterocycles. The molecule has 1 aliphatic carbocycles. The van der Waals surface area contributed by atoms with Crippen molar-refractivity contribution in [2.75, 3.05) is 19.0 Å². The fraction of sp³-hybridized carbons (Fsp3) is 0.529. The van der Waals surface area contributed by atoms with E-state index in [0.717, 1.165) is 42.3 Å². The second-order valence-electron chi connectivity index (χ2n) is 6.37. The Labute approximate surface area is 144 Å². The minimum Gasteiger partial charge on any atom is -0.381 e. The fourth-order valence-electron chi connectivity index (χ4n) is 3.57. The molecule has 4 rings (SSSR count). The number of rotatable bonds is 4. The molecule has 2 aliphatic rings. The van der Waals surface area contributed by atoms with Gasteiger partial charge in [-0.2, -0.15) is 0 Å². The van der Waals surface area contributed by atoms with Gasteiger partial charge in [0.05, 0.1) is 16.0 Å². The monoisotopic (exact) mass is 348 g/mol. The van der Waals surface area contributed by atoms with Gasteiger partial charge in [0.15, 0.2) is 4.34 Å². The number of carbonyl (C=O) groups excluding carboxylic acids is 1. The van der Waals surface area contributed by atoms with Crippen molar-refractivity contribution in [2.24, 2.45) is 5.41 Å². The van der Waals surface area contributed by atoms with Crippen molar-refractivity contribution in [3.8, 4) is 0 Å². The van der Waals surface area contributed by atoms with E-state index in [-0.39, 0.29) is 5.91 Å². The zero-order valence-corrected chi connectivity index (χ0v) is 14.5. The van der Waals surface area contributed by atoms with Crippen LogP contribution in [0.15, 0.2) is 28.6 Å². The summed E-state index contributed by atoms with van der Waals surface area (Å²) >= 11 is 3.19. The Morgan fingerprint density at radius 2 is 2.17 bits per heavy atom. The Kier molecular flexibility index (Phi) is 4.30. The average Bonchev–Trinajstić information content (AvgIpc) is 3.00. The number of benzene rings is 1. The van der Waals surface area contributed by atoms with Gasteiger partial charge in [0.2, 0.25) is 5.91 Å². The molecule has 1 saturated heterocycles. The van der Waals surface area contributed by atoms with E-state index in [1.807, 2.05) is 18.2 Å². The van der Waals surface area contributed by atoms with Gasteiger partial charge in [0, 0.05) is 19.3 Å². The number of carbonyl (C=O) groups is 1. The quantitative estimate of drug-likeness (QED) is 0.860. The third-order valence-corrected chi connectivity index (χ3v) is 7.27. The van der Waals surface area contributed by atoms with Gasteiger partial charge in [0.1, 0.15) is 0 Å². The first kappa shape index (κ1) is 15.4. The summed E-state index contributed by atoms with van der Waals surface area (Å²) in [5.41, 5.74) is 1.33. The summed E-state index contributed by atoms with van der Waals surface area (Å²) < 4.78 is 7.61. The number of thioether (sulfide) groups is 1. The molecule has 0 radical (unpaired) electrons. The van der Waals surface area contributed by atoms with E-state index in [9.17, 15) is 4.79 Å². The van der Waals surface area contributed by atoms with Gasteiger partial charge in [-0.15, -0.1) is 11.3 Å². The number of hydrogen-bond acceptors (Lipinski definition) is 5. The summed E-state index contributed by atoms with van der Waals surface area (Å²) in [5, 5.41) is 3.24. The normalized spacial score (nSPS) is 22.9. The van der Waals surface area contributed by atoms with E-state index in [1.165, 1.54) is 22.9 Å². The van der Waals surface area contributed by atoms with Crippen molar-refractivity contribution in [2.45, 2.75) is 36.1 Å². The smallest absolute Gasteiger partial charge is 0.230 e. The van der Waals surface area contributed by atoms with Gasteiger partial charge >= 0.3 is 0 Å². The molecule has 1 N–H and O–H groups in total. The lowest BCUT2D eigenvalue weighted by molar-refractivity contribution is -0.124. The lowest BCUT2D eigenvalue weighted by Gasteiger charge is -2.52. The Morgan fingerprint density at radius 1 is 1.35 bits per heavy atom. The van der Waals surface area contributed by atoms with Crippen LogP contribution in [0.1, 0.15) is 25.7 Å². The average molecular weight is 348 g/mol. The molecule has 1 aromatic heterocycles. The molecule has 6 heteroatoms. The first-order valence-corrected chi connectivity index (χ1v) is 9.91. The highest BCUT2D eigenvalue weighted by atomic mass is 32.2. The Morgan fingerprint density at radius 3 is 2.91 bits per heavy atom. The summed E-state index contributed by atoms with van der Waals surface area (Å²) in [7, 11) is 0. The third kappa shape index (κ3) is 3.12. The molecule has 1 atom stereocenters. The van der Waals surface area contributed by atoms with Gasteiger partial charge < -0.3 is 10.1 Å². The summed E-state index contributed by atoms with van der Waals surface area (Å²) in [6.45, 7) is 1.68. The maximum Gasteiger partial charge on any atom is 0.230 e. The van der Waals surface area contributed by atoms with Gasteiger partial charge in [-0.1, -0.05) is 23.9 Å². The van der Waals surface area contributed by atoms with Crippen molar-refractivity contribution in [1.29, 1.82) is 0 Å². The highest BCUT2D eigenvalue weighted by Crippen LogP contribution is 2.48. The van der Waals surface area contributed by atoms with Crippen molar-refractivity contribution < 1.29 is 9.53 Å². The predicted molar refractivity (Wildman–Crippen MR) is 94.0 cm³/mol. The standard InChI is InChI=1S/C17H20N2O2S2/c20-15(19-14-5-6-17(14)7-9-21-10-8-17)11-22-16-18-12-3-1-2-4-13(12)23-16/h1-4,14H,5-11H2,(H,19,20). The van der Waals surface area contributed by atoms with Gasteiger partial charge in [0.25, 0.3) is 0 Å². The molecule has 1 aliphatic heterocycles. The number of nitrogens with one attached hydrogen (secondary N) is 1. The number of fused-ring (bicyclic) bond motifs is 1. The summed E-state index contributed by atoms with van der Waals surface area (Å²) in [5.74, 6) is 0.577. The zero-order chi connectivity index (χ0) is 15.7. The molecule has 1 spiro atoms. The third-order valence-electron chi connectivity index (χ3n) is 5.09. The summed E-state index contributed by atoms with van der Waals surface area (Å²) in [6.07, 6.45) is 4.51. The van der Waals surface area contributed by atoms with E-state index in [4.69, 9.17) is 4.74 Å². The van der Waals surface area contributed by atoms with Gasteiger partial charge in [-0.3, -0.25) is 4.79 Å². The number of aromatic nitrogens is 1. The predicted octanol–water partition coefficient (Wildman–Crippen LogP) is 3.46. The molecule has 1 unspecified atom stereocenters. The fourth-order valence-corrected chi connectivity index (χ4v) is 5.45. The van der Waals surface area contributed by atoms with Gasteiger partial charge in [-0.25, -0.2) is 4.98 Å². The molecule has 1 aromatic carbocycles. The Hall–Kier alpha value is -1.11. The molecular formula is C17H20N2O2S2. The van der Waals surface area contributed by atoms with Crippen molar-refractivity contribution >= 4 is 39.2 Å². The molecule has 0 bridgehead atoms. The van der Waals surface area contributed by atoms with Crippen LogP contribution in [0.2, 0.25) is 0 Å². The molecule has 2 aromatic rings. The number of para-hydroxylation sites is 1. The van der Waals surface area contributed by atoms with Crippen molar-refractivity contribution in [3.63, 3.8) is 0 Å². The SMILES string of the molecule is O=C(CSc1nc2ccccc2s1)NC1CCC12CCOCC2. The van der Waals surface area contributed by atoms with Crippen LogP contribution in [0.3, 0.4) is 0 Å². The number of hydrogen-bond donors (Lipinski definition) is 1. The second-order valence-corrected chi connectivity index (χ2v) is 8.62. The first-order valence-electron chi connectivity index (χ1n) is 8.11. The molecule has 122 valence electrons. The molecule has 1 amide bonds. The topological polar surface area (TPSA) is 51.2 Å². The summed E-state index contributed by atoms with van der Waals surface area (Å²) in [4.78, 5) is 16.8. The van der Waals surface area contributed by atoms with Crippen LogP contribution < -0.4 is 5.32 Å². The van der Waals surface area contributed by atoms with Crippen LogP contribution in [-0.2, 0) is 9.53 Å². The van der Waals surface area contributed by atoms with Crippen LogP contribution in [0.5, 0.6) is 0 Å². The number of amides is 1. The highest BCUT2D eigenvalue weighted by molar-refractivity contribution is 8.01. The first-order chi connectivity index (χ1) is 11.3. The lowest BCUT2D eigenvalue weighted by atomic mass is 9.60. The molecule has 23 heavy (non-hydrogen) atoms. The van der Waals surface area contributed by atoms with Crippen LogP contribution in [-0.4, -0.2) is 35.9 Å². The van der Waals surface area contributed by atoms with E-state index in [0.29, 0.717) is 17.2 Å². The molecular weight excluding hydrogens is 328 g/mol. The minimum absolute atomic E-state index is 0.129. The van der Waals surface area contributed by atoms with E-state index >= 15 is 0 Å². The minimum atomic E-state index is 0.129. The van der Waals surface area contributed by atoms with Crippen molar-refractivity contribution in [3.05, 3.63) is 24.3 Å². The largest absolute Gasteiger partial charge is 0.381 e. The number of nitrogens with zero attached hydrogens (tertiary/aromatic N) is 1. The maximum atomic E-state index is 12.3. The number of thiazole rings is 1. The second kappa shape index (κ2) is 6.42. The Bertz CT molecular complexity index is 676. The summed E-state index contributed by atoms with van der Waals surface area (Å²) in [6, 6.07) is 8.44. The molecule has 2 fully saturated rings. The van der Waals surface area contributed by atoms with Crippen molar-refractivity contribution in [1.82, 2.24) is 10.3 Å². The zero-order valence-electron chi connectivity index (χ0n) is 12.9. The Balaban J connectivity index is 1.32. The maximum absolute atomic E-state index is 12.3. The van der Waals surface area contributed by atoms with E-state index in [1.54, 1.807) is 11.3 Å². The van der Waals surface area contributed by atoms with Crippen LogP contribution in [0.4, 0.5) is 0 Å². The highest BCUT2D eigenvalue weighted by Gasteiger charge is 2.47. The number of ether oxygens (including phenoxy) is 1. The van der Waals surface area contributed by atoms with Crippen LogP contribution >= 0.6 is 23.1 Å². The molecule has 4 nitrogen and oxygen atoms in total. The van der Waals surface area contributed by atoms with Crippen LogP contribution in [0.25, 0.3) is 10.2 Å². The molecule has 1 saturated carbocycles.